The van der Waals surface area contributed by atoms with Crippen LogP contribution in [0.1, 0.15) is 123 Å². The van der Waals surface area contributed by atoms with E-state index in [0.29, 0.717) is 31.6 Å². The highest BCUT2D eigenvalue weighted by Gasteiger charge is 2.70. The summed E-state index contributed by atoms with van der Waals surface area (Å²) in [6.45, 7) is 16.3. The molecular weight excluding hydrogens is 671 g/mol. The number of aryl methyl sites for hydroxylation is 1. The lowest BCUT2D eigenvalue weighted by Crippen LogP contribution is -2.65. The number of allylic oxidation sites excluding steroid dienone is 2. The van der Waals surface area contributed by atoms with Crippen LogP contribution in [0.3, 0.4) is 0 Å². The summed E-state index contributed by atoms with van der Waals surface area (Å²) < 4.78 is 17.8. The van der Waals surface area contributed by atoms with Gasteiger partial charge in [-0.15, -0.1) is 0 Å². The lowest BCUT2D eigenvalue weighted by Gasteiger charge is -2.71. The Balaban J connectivity index is 1.20. The van der Waals surface area contributed by atoms with E-state index in [9.17, 15) is 9.59 Å². The summed E-state index contributed by atoms with van der Waals surface area (Å²) in [5.74, 6) is 1.18. The predicted molar refractivity (Wildman–Crippen MR) is 215 cm³/mol. The molecule has 54 heavy (non-hydrogen) atoms. The summed E-state index contributed by atoms with van der Waals surface area (Å²) in [5, 5.41) is 2.94. The van der Waals surface area contributed by atoms with Gasteiger partial charge < -0.3 is 19.5 Å². The second-order valence-corrected chi connectivity index (χ2v) is 19.8. The molecule has 0 saturated heterocycles. The first-order valence-electron chi connectivity index (χ1n) is 21.1. The number of carbonyl (C=O) groups excluding carboxylic acids is 2. The Labute approximate surface area is 325 Å². The molecule has 5 aliphatic rings. The first kappa shape index (κ1) is 39.1. The molecule has 294 valence electrons. The van der Waals surface area contributed by atoms with Crippen molar-refractivity contribution in [2.24, 2.45) is 50.2 Å². The molecular formula is C48H67NO5. The Morgan fingerprint density at radius 2 is 1.48 bits per heavy atom. The van der Waals surface area contributed by atoms with Gasteiger partial charge >= 0.3 is 12.1 Å². The summed E-state index contributed by atoms with van der Waals surface area (Å²) in [6, 6.07) is 21.0. The van der Waals surface area contributed by atoms with Gasteiger partial charge in [-0.25, -0.2) is 4.79 Å². The minimum atomic E-state index is -0.449. The van der Waals surface area contributed by atoms with Crippen LogP contribution in [0.25, 0.3) is 0 Å². The predicted octanol–water partition coefficient (Wildman–Crippen LogP) is 10.9. The third-order valence-corrected chi connectivity index (χ3v) is 16.6. The molecule has 7 rings (SSSR count). The van der Waals surface area contributed by atoms with Crippen molar-refractivity contribution in [2.75, 3.05) is 20.3 Å². The Hall–Kier alpha value is -3.12. The minimum Gasteiger partial charge on any atom is -0.460 e. The molecule has 2 aromatic rings. The second kappa shape index (κ2) is 14.8. The van der Waals surface area contributed by atoms with Crippen LogP contribution in [0, 0.1) is 50.2 Å². The molecule has 2 aromatic carbocycles. The number of hydrogen-bond acceptors (Lipinski definition) is 5. The zero-order valence-electron chi connectivity index (χ0n) is 34.3. The normalized spacial score (nSPS) is 38.0. The van der Waals surface area contributed by atoms with Crippen LogP contribution in [0.15, 0.2) is 72.3 Å². The van der Waals surface area contributed by atoms with E-state index in [1.807, 2.05) is 18.2 Å². The fraction of sp³-hybridized carbons (Fsp3) is 0.667. The van der Waals surface area contributed by atoms with Crippen LogP contribution < -0.4 is 5.32 Å². The van der Waals surface area contributed by atoms with Crippen LogP contribution in [-0.2, 0) is 32.0 Å². The average Bonchev–Trinajstić information content (AvgIpc) is 3.15. The Bertz CT molecular complexity index is 1690. The van der Waals surface area contributed by atoms with Gasteiger partial charge in [0, 0.05) is 19.1 Å². The summed E-state index contributed by atoms with van der Waals surface area (Å²) in [6.07, 6.45) is 14.4. The van der Waals surface area contributed by atoms with Crippen molar-refractivity contribution in [1.29, 1.82) is 0 Å². The molecule has 0 heterocycles. The fourth-order valence-electron chi connectivity index (χ4n) is 13.3. The van der Waals surface area contributed by atoms with E-state index in [-0.39, 0.29) is 51.2 Å². The van der Waals surface area contributed by atoms with Crippen molar-refractivity contribution in [1.82, 2.24) is 5.32 Å². The van der Waals surface area contributed by atoms with Gasteiger partial charge in [0.05, 0.1) is 12.0 Å². The molecule has 6 nitrogen and oxygen atoms in total. The molecule has 4 saturated carbocycles. The van der Waals surface area contributed by atoms with E-state index in [0.717, 1.165) is 82.6 Å². The van der Waals surface area contributed by atoms with E-state index < -0.39 is 5.41 Å². The zero-order valence-corrected chi connectivity index (χ0v) is 34.3. The van der Waals surface area contributed by atoms with Crippen molar-refractivity contribution in [3.05, 3.63) is 83.4 Å². The molecule has 5 aliphatic carbocycles. The first-order chi connectivity index (χ1) is 25.7. The number of nitrogens with one attached hydrogen (secondary N) is 1. The molecule has 0 bridgehead atoms. The van der Waals surface area contributed by atoms with Crippen molar-refractivity contribution >= 4 is 12.1 Å². The maximum Gasteiger partial charge on any atom is 0.407 e. The van der Waals surface area contributed by atoms with Gasteiger partial charge in [0.15, 0.2) is 0 Å². The van der Waals surface area contributed by atoms with Crippen LogP contribution in [0.5, 0.6) is 0 Å². The van der Waals surface area contributed by atoms with Gasteiger partial charge in [0.1, 0.15) is 12.7 Å². The highest BCUT2D eigenvalue weighted by molar-refractivity contribution is 5.79. The highest BCUT2D eigenvalue weighted by Crippen LogP contribution is 2.76. The summed E-state index contributed by atoms with van der Waals surface area (Å²) in [4.78, 5) is 27.6. The fourth-order valence-corrected chi connectivity index (χ4v) is 13.3. The number of esters is 1. The lowest BCUT2D eigenvalue weighted by molar-refractivity contribution is -0.211. The Morgan fingerprint density at radius 3 is 2.19 bits per heavy atom. The quantitative estimate of drug-likeness (QED) is 0.149. The lowest BCUT2D eigenvalue weighted by atomic mass is 9.33. The maximum absolute atomic E-state index is 14.4. The highest BCUT2D eigenvalue weighted by atomic mass is 16.6. The summed E-state index contributed by atoms with van der Waals surface area (Å²) in [5.41, 5.74) is 3.76. The van der Waals surface area contributed by atoms with E-state index in [4.69, 9.17) is 14.2 Å². The molecule has 0 radical (unpaired) electrons. The van der Waals surface area contributed by atoms with Crippen LogP contribution in [-0.4, -0.2) is 38.4 Å². The van der Waals surface area contributed by atoms with E-state index in [1.54, 1.807) is 12.7 Å². The van der Waals surface area contributed by atoms with E-state index >= 15 is 0 Å². The van der Waals surface area contributed by atoms with Gasteiger partial charge in [-0.1, -0.05) is 114 Å². The van der Waals surface area contributed by atoms with Crippen molar-refractivity contribution < 1.29 is 23.8 Å². The first-order valence-corrected chi connectivity index (χ1v) is 21.1. The van der Waals surface area contributed by atoms with Gasteiger partial charge in [-0.3, -0.25) is 4.79 Å². The van der Waals surface area contributed by atoms with Gasteiger partial charge in [-0.05, 0) is 128 Å². The van der Waals surface area contributed by atoms with Crippen molar-refractivity contribution in [3.63, 3.8) is 0 Å². The molecule has 1 unspecified atom stereocenters. The van der Waals surface area contributed by atoms with Gasteiger partial charge in [0.25, 0.3) is 0 Å². The number of rotatable bonds is 10. The molecule has 4 fully saturated rings. The number of amides is 1. The molecule has 6 heteroatoms. The topological polar surface area (TPSA) is 73.9 Å². The monoisotopic (exact) mass is 738 g/mol. The number of ether oxygens (including phenoxy) is 3. The van der Waals surface area contributed by atoms with Gasteiger partial charge in [-0.2, -0.15) is 0 Å². The molecule has 1 amide bonds. The number of fused-ring (bicyclic) bond motifs is 7. The van der Waals surface area contributed by atoms with Crippen molar-refractivity contribution in [3.8, 4) is 0 Å². The number of benzene rings is 2. The number of methoxy groups -OCH3 is 1. The number of carbonyl (C=O) groups is 2. The largest absolute Gasteiger partial charge is 0.460 e. The molecule has 0 spiro atoms. The molecule has 1 N–H and O–H groups in total. The summed E-state index contributed by atoms with van der Waals surface area (Å²) in [7, 11) is 1.65. The number of hydrogen-bond donors (Lipinski definition) is 1. The Morgan fingerprint density at radius 1 is 0.796 bits per heavy atom. The van der Waals surface area contributed by atoms with Crippen LogP contribution in [0.2, 0.25) is 0 Å². The van der Waals surface area contributed by atoms with E-state index in [2.05, 4.69) is 95.4 Å². The Kier molecular flexibility index (Phi) is 10.7. The average molecular weight is 738 g/mol. The third kappa shape index (κ3) is 6.64. The minimum absolute atomic E-state index is 0.0141. The number of alkyl carbamates (subject to hydrolysis) is 1. The maximum atomic E-state index is 14.4. The molecule has 0 aliphatic heterocycles. The smallest absolute Gasteiger partial charge is 0.407 e. The third-order valence-electron chi connectivity index (χ3n) is 16.6. The van der Waals surface area contributed by atoms with Gasteiger partial charge in [0.2, 0.25) is 0 Å². The van der Waals surface area contributed by atoms with Crippen molar-refractivity contribution in [2.45, 2.75) is 131 Å². The second-order valence-electron chi connectivity index (χ2n) is 19.8. The molecule has 9 atom stereocenters. The summed E-state index contributed by atoms with van der Waals surface area (Å²) >= 11 is 0. The van der Waals surface area contributed by atoms with Crippen LogP contribution >= 0.6 is 0 Å². The van der Waals surface area contributed by atoms with Crippen LogP contribution in [0.4, 0.5) is 4.79 Å². The molecule has 0 aromatic heterocycles. The standard InChI is InChI=1S/C48H67NO5/c1-43(2)26-28-48(41(50)53-33-35-16-12-9-13-17-35)29-27-46(5)36(37(48)32-43)18-19-39-44(3)24-22-40(54-42(51)49-30-31-52-7)45(4,38(44)21-25-47(39,46)6)23-20-34-14-10-8-11-15-34/h8-18,37-40H,19-33H2,1-7H3,(H,49,51)/t37-,38?,39-,40+,44+,45-,46-,47-,48+/m1/s1. The SMILES string of the molecule is COCCNC(=O)O[C@H]1CC[C@@]2(C)C(CC[C@]3(C)[C@@H]2CC=C2[C@H]4CC(C)(C)CC[C@]4(C(=O)OCc4ccccc4)CC[C@]23C)[C@@]1(C)CCc1ccccc1. The zero-order chi connectivity index (χ0) is 38.4. The van der Waals surface area contributed by atoms with E-state index in [1.165, 1.54) is 5.56 Å².